The van der Waals surface area contributed by atoms with E-state index < -0.39 is 24.3 Å². The van der Waals surface area contributed by atoms with Crippen molar-refractivity contribution in [3.63, 3.8) is 0 Å². The maximum absolute atomic E-state index is 13.4. The molecule has 174 valence electrons. The topological polar surface area (TPSA) is 82.1 Å². The minimum absolute atomic E-state index is 0.0252. The highest BCUT2D eigenvalue weighted by Crippen LogP contribution is 2.27. The van der Waals surface area contributed by atoms with E-state index in [1.165, 1.54) is 0 Å². The van der Waals surface area contributed by atoms with Crippen molar-refractivity contribution in [2.24, 2.45) is 0 Å². The number of carbonyl (C=O) groups is 2. The Morgan fingerprint density at radius 1 is 1.19 bits per heavy atom. The molecule has 2 amide bonds. The second-order valence-corrected chi connectivity index (χ2v) is 9.84. The Morgan fingerprint density at radius 3 is 2.32 bits per heavy atom. The van der Waals surface area contributed by atoms with E-state index in [1.54, 1.807) is 31.7 Å². The van der Waals surface area contributed by atoms with E-state index in [1.807, 2.05) is 18.2 Å². The molecule has 1 aliphatic rings. The van der Waals surface area contributed by atoms with Crippen molar-refractivity contribution in [1.82, 2.24) is 15.1 Å². The molecule has 7 nitrogen and oxygen atoms in total. The summed E-state index contributed by atoms with van der Waals surface area (Å²) in [6.45, 7) is 5.10. The van der Waals surface area contributed by atoms with Gasteiger partial charge in [0.15, 0.2) is 0 Å². The summed E-state index contributed by atoms with van der Waals surface area (Å²) in [7, 11) is 4.15. The molecule has 0 bridgehead atoms. The molecule has 0 radical (unpaired) electrons. The summed E-state index contributed by atoms with van der Waals surface area (Å²) >= 11 is 6.15. The van der Waals surface area contributed by atoms with Crippen LogP contribution in [0.4, 0.5) is 4.79 Å². The summed E-state index contributed by atoms with van der Waals surface area (Å²) < 4.78 is 5.26. The van der Waals surface area contributed by atoms with Crippen LogP contribution in [0.25, 0.3) is 0 Å². The molecule has 8 heteroatoms. The van der Waals surface area contributed by atoms with Gasteiger partial charge in [-0.05, 0) is 78.2 Å². The van der Waals surface area contributed by atoms with Crippen LogP contribution in [0.15, 0.2) is 24.3 Å². The quantitative estimate of drug-likeness (QED) is 0.661. The lowest BCUT2D eigenvalue weighted by Crippen LogP contribution is -2.54. The lowest BCUT2D eigenvalue weighted by molar-refractivity contribution is -0.138. The maximum atomic E-state index is 13.4. The Hall–Kier alpha value is -1.83. The number of ether oxygens (including phenoxy) is 1. The van der Waals surface area contributed by atoms with Crippen molar-refractivity contribution in [1.29, 1.82) is 0 Å². The fourth-order valence-corrected chi connectivity index (χ4v) is 4.15. The van der Waals surface area contributed by atoms with E-state index >= 15 is 0 Å². The van der Waals surface area contributed by atoms with Gasteiger partial charge in [0, 0.05) is 23.7 Å². The lowest BCUT2D eigenvalue weighted by atomic mass is 9.89. The third kappa shape index (κ3) is 7.98. The van der Waals surface area contributed by atoms with Crippen molar-refractivity contribution in [3.8, 4) is 0 Å². The van der Waals surface area contributed by atoms with Crippen LogP contribution in [0.1, 0.15) is 52.0 Å². The highest BCUT2D eigenvalue weighted by molar-refractivity contribution is 6.30. The standard InChI is InChI=1S/C23H36ClN3O4/c1-23(2,3)31-22(30)25-20(15-28)21(29)27(14-16-7-6-8-17(24)13-16)19-11-9-18(10-12-19)26(4)5/h6-8,13,18-20,28H,9-12,14-15H2,1-5H3,(H,25,30). The van der Waals surface area contributed by atoms with Crippen molar-refractivity contribution in [3.05, 3.63) is 34.9 Å². The predicted octanol–water partition coefficient (Wildman–Crippen LogP) is 3.43. The zero-order valence-corrected chi connectivity index (χ0v) is 20.0. The molecule has 2 rings (SSSR count). The molecule has 1 atom stereocenters. The first-order valence-corrected chi connectivity index (χ1v) is 11.2. The minimum atomic E-state index is -1.07. The lowest BCUT2D eigenvalue weighted by Gasteiger charge is -2.40. The minimum Gasteiger partial charge on any atom is -0.444 e. The number of aliphatic hydroxyl groups excluding tert-OH is 1. The van der Waals surface area contributed by atoms with E-state index in [2.05, 4.69) is 24.3 Å². The van der Waals surface area contributed by atoms with E-state index in [0.29, 0.717) is 17.6 Å². The van der Waals surface area contributed by atoms with E-state index in [4.69, 9.17) is 16.3 Å². The average molecular weight is 454 g/mol. The first kappa shape index (κ1) is 25.4. The number of aliphatic hydroxyl groups is 1. The van der Waals surface area contributed by atoms with E-state index in [9.17, 15) is 14.7 Å². The van der Waals surface area contributed by atoms with Gasteiger partial charge in [0.05, 0.1) is 6.61 Å². The van der Waals surface area contributed by atoms with Crippen LogP contribution in [0.2, 0.25) is 5.02 Å². The number of nitrogens with one attached hydrogen (secondary N) is 1. The number of hydrogen-bond acceptors (Lipinski definition) is 5. The number of amides is 2. The van der Waals surface area contributed by atoms with Crippen LogP contribution in [-0.2, 0) is 16.1 Å². The molecule has 31 heavy (non-hydrogen) atoms. The smallest absolute Gasteiger partial charge is 0.408 e. The van der Waals surface area contributed by atoms with Gasteiger partial charge in [-0.1, -0.05) is 23.7 Å². The number of rotatable bonds is 7. The molecule has 1 aromatic rings. The summed E-state index contributed by atoms with van der Waals surface area (Å²) in [5.74, 6) is -0.318. The molecule has 1 aromatic carbocycles. The predicted molar refractivity (Wildman–Crippen MR) is 122 cm³/mol. The molecule has 0 saturated heterocycles. The number of nitrogens with zero attached hydrogens (tertiary/aromatic N) is 2. The molecule has 0 heterocycles. The summed E-state index contributed by atoms with van der Waals surface area (Å²) in [5.41, 5.74) is 0.211. The number of hydrogen-bond donors (Lipinski definition) is 2. The molecular weight excluding hydrogens is 418 g/mol. The normalized spacial score (nSPS) is 20.3. The van der Waals surface area contributed by atoms with E-state index in [0.717, 1.165) is 31.2 Å². The Labute approximate surface area is 190 Å². The van der Waals surface area contributed by atoms with Crippen LogP contribution < -0.4 is 5.32 Å². The zero-order valence-electron chi connectivity index (χ0n) is 19.2. The largest absolute Gasteiger partial charge is 0.444 e. The highest BCUT2D eigenvalue weighted by Gasteiger charge is 2.34. The van der Waals surface area contributed by atoms with Crippen molar-refractivity contribution in [2.45, 2.75) is 76.7 Å². The second-order valence-electron chi connectivity index (χ2n) is 9.40. The van der Waals surface area contributed by atoms with Crippen molar-refractivity contribution in [2.75, 3.05) is 20.7 Å². The van der Waals surface area contributed by atoms with Gasteiger partial charge in [-0.2, -0.15) is 0 Å². The first-order valence-electron chi connectivity index (χ1n) is 10.8. The SMILES string of the molecule is CN(C)C1CCC(N(Cc2cccc(Cl)c2)C(=O)C(CO)NC(=O)OC(C)(C)C)CC1. The summed E-state index contributed by atoms with van der Waals surface area (Å²) in [6, 6.07) is 6.85. The first-order chi connectivity index (χ1) is 14.5. The number of alkyl carbamates (subject to hydrolysis) is 1. The third-order valence-corrected chi connectivity index (χ3v) is 5.77. The number of carbonyl (C=O) groups excluding carboxylic acids is 2. The Bertz CT molecular complexity index is 743. The third-order valence-electron chi connectivity index (χ3n) is 5.53. The number of halogens is 1. The summed E-state index contributed by atoms with van der Waals surface area (Å²) in [6.07, 6.45) is 2.97. The van der Waals surface area contributed by atoms with Crippen molar-refractivity contribution >= 4 is 23.6 Å². The van der Waals surface area contributed by atoms with Gasteiger partial charge in [0.25, 0.3) is 0 Å². The fraction of sp³-hybridized carbons (Fsp3) is 0.652. The molecule has 0 aliphatic heterocycles. The Balaban J connectivity index is 2.19. The molecular formula is C23H36ClN3O4. The van der Waals surface area contributed by atoms with Gasteiger partial charge < -0.3 is 25.0 Å². The molecule has 2 N–H and O–H groups in total. The molecule has 1 fully saturated rings. The van der Waals surface area contributed by atoms with Gasteiger partial charge >= 0.3 is 6.09 Å². The molecule has 1 unspecified atom stereocenters. The zero-order chi connectivity index (χ0) is 23.2. The van der Waals surface area contributed by atoms with Crippen LogP contribution in [0.3, 0.4) is 0 Å². The second kappa shape index (κ2) is 11.2. The van der Waals surface area contributed by atoms with Crippen LogP contribution in [0, 0.1) is 0 Å². The Kier molecular flexibility index (Phi) is 9.15. The van der Waals surface area contributed by atoms with Gasteiger partial charge in [0.1, 0.15) is 11.6 Å². The monoisotopic (exact) mass is 453 g/mol. The average Bonchev–Trinajstić information content (AvgIpc) is 2.68. The molecule has 0 aromatic heterocycles. The van der Waals surface area contributed by atoms with Gasteiger partial charge in [-0.15, -0.1) is 0 Å². The van der Waals surface area contributed by atoms with Gasteiger partial charge in [0.2, 0.25) is 5.91 Å². The fourth-order valence-electron chi connectivity index (χ4n) is 3.94. The van der Waals surface area contributed by atoms with Crippen LogP contribution >= 0.6 is 11.6 Å². The summed E-state index contributed by atoms with van der Waals surface area (Å²) in [5, 5.41) is 13.0. The Morgan fingerprint density at radius 2 is 1.81 bits per heavy atom. The van der Waals surface area contributed by atoms with E-state index in [-0.39, 0.29) is 11.9 Å². The summed E-state index contributed by atoms with van der Waals surface area (Å²) in [4.78, 5) is 29.6. The maximum Gasteiger partial charge on any atom is 0.408 e. The highest BCUT2D eigenvalue weighted by atomic mass is 35.5. The van der Waals surface area contributed by atoms with Gasteiger partial charge in [-0.25, -0.2) is 4.79 Å². The van der Waals surface area contributed by atoms with Crippen LogP contribution in [0.5, 0.6) is 0 Å². The molecule has 0 spiro atoms. The molecule has 1 saturated carbocycles. The van der Waals surface area contributed by atoms with Gasteiger partial charge in [-0.3, -0.25) is 4.79 Å². The van der Waals surface area contributed by atoms with Crippen molar-refractivity contribution < 1.29 is 19.4 Å². The van der Waals surface area contributed by atoms with Crippen LogP contribution in [-0.4, -0.2) is 71.3 Å². The number of benzene rings is 1. The molecule has 1 aliphatic carbocycles.